The zero-order valence-corrected chi connectivity index (χ0v) is 12.8. The fourth-order valence-electron chi connectivity index (χ4n) is 1.77. The molecule has 0 aromatic heterocycles. The molecule has 0 aliphatic carbocycles. The van der Waals surface area contributed by atoms with Gasteiger partial charge in [-0.15, -0.1) is 0 Å². The van der Waals surface area contributed by atoms with E-state index in [2.05, 4.69) is 60.0 Å². The monoisotopic (exact) mass is 351 g/mol. The largest absolute Gasteiger partial charge is 0.310 e. The molecule has 0 heterocycles. The number of hydrogen-bond donors (Lipinski definition) is 1. The average molecular weight is 352 g/mol. The van der Waals surface area contributed by atoms with E-state index in [1.54, 1.807) is 0 Å². The standard InChI is InChI=1S/C13H19ClIN/c1-3-5-6-13(16-4-2)10-7-8-12(15)11(14)9-10/h7-9,13,16H,3-6H2,1-2H3. The van der Waals surface area contributed by atoms with Crippen LogP contribution in [0.4, 0.5) is 0 Å². The molecule has 1 unspecified atom stereocenters. The van der Waals surface area contributed by atoms with Gasteiger partial charge in [0.25, 0.3) is 0 Å². The summed E-state index contributed by atoms with van der Waals surface area (Å²) in [4.78, 5) is 0. The van der Waals surface area contributed by atoms with Crippen LogP contribution in [0, 0.1) is 3.57 Å². The second kappa shape index (κ2) is 7.51. The molecule has 16 heavy (non-hydrogen) atoms. The number of unbranched alkanes of at least 4 members (excludes halogenated alkanes) is 1. The molecule has 1 nitrogen and oxygen atoms in total. The summed E-state index contributed by atoms with van der Waals surface area (Å²) in [6, 6.07) is 6.80. The molecule has 3 heteroatoms. The van der Waals surface area contributed by atoms with Crippen molar-refractivity contribution in [1.82, 2.24) is 5.32 Å². The normalized spacial score (nSPS) is 12.8. The smallest absolute Gasteiger partial charge is 0.0542 e. The summed E-state index contributed by atoms with van der Waals surface area (Å²) in [5, 5.41) is 4.38. The van der Waals surface area contributed by atoms with Gasteiger partial charge in [-0.2, -0.15) is 0 Å². The Morgan fingerprint density at radius 2 is 2.12 bits per heavy atom. The topological polar surface area (TPSA) is 12.0 Å². The highest BCUT2D eigenvalue weighted by molar-refractivity contribution is 14.1. The quantitative estimate of drug-likeness (QED) is 0.727. The number of hydrogen-bond acceptors (Lipinski definition) is 1. The van der Waals surface area contributed by atoms with Crippen molar-refractivity contribution in [2.75, 3.05) is 6.54 Å². The minimum absolute atomic E-state index is 0.444. The second-order valence-corrected chi connectivity index (χ2v) is 5.50. The lowest BCUT2D eigenvalue weighted by Crippen LogP contribution is -2.20. The lowest BCUT2D eigenvalue weighted by Gasteiger charge is -2.18. The Bertz CT molecular complexity index is 328. The first kappa shape index (κ1) is 14.3. The first-order chi connectivity index (χ1) is 7.69. The number of rotatable bonds is 6. The number of benzene rings is 1. The molecular weight excluding hydrogens is 333 g/mol. The Hall–Kier alpha value is 0.200. The van der Waals surface area contributed by atoms with Crippen LogP contribution < -0.4 is 5.32 Å². The zero-order chi connectivity index (χ0) is 12.0. The molecule has 90 valence electrons. The fourth-order valence-corrected chi connectivity index (χ4v) is 2.29. The Kier molecular flexibility index (Phi) is 6.70. The van der Waals surface area contributed by atoms with Crippen molar-refractivity contribution in [3.05, 3.63) is 32.4 Å². The Morgan fingerprint density at radius 3 is 2.69 bits per heavy atom. The van der Waals surface area contributed by atoms with Gasteiger partial charge >= 0.3 is 0 Å². The second-order valence-electron chi connectivity index (χ2n) is 3.93. The van der Waals surface area contributed by atoms with Gasteiger partial charge in [-0.1, -0.05) is 44.4 Å². The number of nitrogens with one attached hydrogen (secondary N) is 1. The summed E-state index contributed by atoms with van der Waals surface area (Å²) >= 11 is 8.42. The maximum absolute atomic E-state index is 6.16. The minimum atomic E-state index is 0.444. The zero-order valence-electron chi connectivity index (χ0n) is 9.89. The first-order valence-electron chi connectivity index (χ1n) is 5.87. The third-order valence-electron chi connectivity index (χ3n) is 2.64. The van der Waals surface area contributed by atoms with E-state index in [-0.39, 0.29) is 0 Å². The SMILES string of the molecule is CCCCC(NCC)c1ccc(I)c(Cl)c1. The lowest BCUT2D eigenvalue weighted by atomic mass is 10.0. The van der Waals surface area contributed by atoms with Crippen molar-refractivity contribution in [3.63, 3.8) is 0 Å². The van der Waals surface area contributed by atoms with E-state index < -0.39 is 0 Å². The van der Waals surface area contributed by atoms with Gasteiger partial charge in [0.1, 0.15) is 0 Å². The summed E-state index contributed by atoms with van der Waals surface area (Å²) in [5.74, 6) is 0. The molecule has 0 spiro atoms. The molecule has 1 aromatic carbocycles. The predicted molar refractivity (Wildman–Crippen MR) is 80.1 cm³/mol. The van der Waals surface area contributed by atoms with Gasteiger partial charge < -0.3 is 5.32 Å². The molecule has 0 aliphatic heterocycles. The van der Waals surface area contributed by atoms with Crippen LogP contribution in [0.2, 0.25) is 5.02 Å². The Morgan fingerprint density at radius 1 is 1.38 bits per heavy atom. The average Bonchev–Trinajstić information content (AvgIpc) is 2.28. The minimum Gasteiger partial charge on any atom is -0.310 e. The van der Waals surface area contributed by atoms with E-state index in [4.69, 9.17) is 11.6 Å². The van der Waals surface area contributed by atoms with Crippen LogP contribution in [0.3, 0.4) is 0 Å². The van der Waals surface area contributed by atoms with E-state index in [0.29, 0.717) is 6.04 Å². The van der Waals surface area contributed by atoms with Crippen molar-refractivity contribution >= 4 is 34.2 Å². The highest BCUT2D eigenvalue weighted by atomic mass is 127. The van der Waals surface area contributed by atoms with Crippen LogP contribution in [0.15, 0.2) is 18.2 Å². The predicted octanol–water partition coefficient (Wildman–Crippen LogP) is 4.79. The third kappa shape index (κ3) is 4.22. The Labute approximate surface area is 117 Å². The van der Waals surface area contributed by atoms with Crippen LogP contribution in [-0.4, -0.2) is 6.54 Å². The summed E-state index contributed by atoms with van der Waals surface area (Å²) in [6.07, 6.45) is 3.67. The van der Waals surface area contributed by atoms with Crippen molar-refractivity contribution in [1.29, 1.82) is 0 Å². The van der Waals surface area contributed by atoms with Crippen molar-refractivity contribution in [3.8, 4) is 0 Å². The van der Waals surface area contributed by atoms with E-state index in [9.17, 15) is 0 Å². The lowest BCUT2D eigenvalue weighted by molar-refractivity contribution is 0.495. The van der Waals surface area contributed by atoms with Gasteiger partial charge in [-0.3, -0.25) is 0 Å². The van der Waals surface area contributed by atoms with E-state index in [1.807, 2.05) is 0 Å². The molecule has 0 saturated carbocycles. The molecule has 0 bridgehead atoms. The molecule has 0 radical (unpaired) electrons. The van der Waals surface area contributed by atoms with Gasteiger partial charge in [0.05, 0.1) is 5.02 Å². The molecule has 0 saturated heterocycles. The molecule has 1 atom stereocenters. The molecule has 0 aliphatic rings. The third-order valence-corrected chi connectivity index (χ3v) is 4.22. The summed E-state index contributed by atoms with van der Waals surface area (Å²) < 4.78 is 1.12. The van der Waals surface area contributed by atoms with Gasteiger partial charge in [0, 0.05) is 9.61 Å². The summed E-state index contributed by atoms with van der Waals surface area (Å²) in [6.45, 7) is 5.37. The maximum atomic E-state index is 6.16. The number of halogens is 2. The molecule has 1 rings (SSSR count). The molecule has 1 N–H and O–H groups in total. The van der Waals surface area contributed by atoms with Crippen LogP contribution in [0.5, 0.6) is 0 Å². The van der Waals surface area contributed by atoms with Crippen molar-refractivity contribution in [2.24, 2.45) is 0 Å². The fraction of sp³-hybridized carbons (Fsp3) is 0.538. The van der Waals surface area contributed by atoms with Gasteiger partial charge in [-0.25, -0.2) is 0 Å². The van der Waals surface area contributed by atoms with E-state index >= 15 is 0 Å². The van der Waals surface area contributed by atoms with Gasteiger partial charge in [-0.05, 0) is 53.3 Å². The highest BCUT2D eigenvalue weighted by Gasteiger charge is 2.10. The maximum Gasteiger partial charge on any atom is 0.0542 e. The molecule has 1 aromatic rings. The molecule has 0 amide bonds. The van der Waals surface area contributed by atoms with Gasteiger partial charge in [0.15, 0.2) is 0 Å². The van der Waals surface area contributed by atoms with Gasteiger partial charge in [0.2, 0.25) is 0 Å². The van der Waals surface area contributed by atoms with Crippen LogP contribution in [-0.2, 0) is 0 Å². The molecule has 0 fully saturated rings. The van der Waals surface area contributed by atoms with Crippen molar-refractivity contribution < 1.29 is 0 Å². The van der Waals surface area contributed by atoms with E-state index in [0.717, 1.165) is 15.1 Å². The highest BCUT2D eigenvalue weighted by Crippen LogP contribution is 2.25. The van der Waals surface area contributed by atoms with Crippen LogP contribution in [0.25, 0.3) is 0 Å². The van der Waals surface area contributed by atoms with Crippen molar-refractivity contribution in [2.45, 2.75) is 39.2 Å². The van der Waals surface area contributed by atoms with E-state index in [1.165, 1.54) is 24.8 Å². The first-order valence-corrected chi connectivity index (χ1v) is 7.33. The summed E-state index contributed by atoms with van der Waals surface area (Å²) in [7, 11) is 0. The van der Waals surface area contributed by atoms with Crippen LogP contribution in [0.1, 0.15) is 44.7 Å². The van der Waals surface area contributed by atoms with Crippen LogP contribution >= 0.6 is 34.2 Å². The Balaban J connectivity index is 2.78. The molecular formula is C13H19ClIN. The summed E-state index contributed by atoms with van der Waals surface area (Å²) in [5.41, 5.74) is 1.31.